The first-order chi connectivity index (χ1) is 10.1. The third kappa shape index (κ3) is 3.20. The molecule has 3 heteroatoms. The van der Waals surface area contributed by atoms with E-state index in [0.29, 0.717) is 11.5 Å². The van der Waals surface area contributed by atoms with Crippen LogP contribution in [-0.2, 0) is 6.42 Å². The van der Waals surface area contributed by atoms with Gasteiger partial charge in [0.1, 0.15) is 0 Å². The van der Waals surface area contributed by atoms with E-state index in [1.54, 1.807) is 10.4 Å². The van der Waals surface area contributed by atoms with Crippen molar-refractivity contribution in [2.75, 3.05) is 26.7 Å². The average molecular weight is 307 g/mol. The lowest BCUT2D eigenvalue weighted by molar-refractivity contribution is 0.0643. The third-order valence-electron chi connectivity index (χ3n) is 5.83. The summed E-state index contributed by atoms with van der Waals surface area (Å²) < 4.78 is 0. The van der Waals surface area contributed by atoms with Crippen molar-refractivity contribution in [1.82, 2.24) is 10.2 Å². The monoisotopic (exact) mass is 306 g/mol. The minimum atomic E-state index is 0.503. The van der Waals surface area contributed by atoms with Crippen LogP contribution < -0.4 is 5.32 Å². The second-order valence-corrected chi connectivity index (χ2v) is 8.41. The van der Waals surface area contributed by atoms with Crippen molar-refractivity contribution in [3.05, 3.63) is 21.9 Å². The van der Waals surface area contributed by atoms with Gasteiger partial charge in [-0.05, 0) is 61.6 Å². The smallest absolute Gasteiger partial charge is 0.0331 e. The molecule has 1 saturated carbocycles. The van der Waals surface area contributed by atoms with Gasteiger partial charge in [-0.3, -0.25) is 4.90 Å². The van der Waals surface area contributed by atoms with Crippen molar-refractivity contribution in [3.63, 3.8) is 0 Å². The molecule has 1 unspecified atom stereocenters. The van der Waals surface area contributed by atoms with E-state index in [0.717, 1.165) is 5.92 Å². The summed E-state index contributed by atoms with van der Waals surface area (Å²) in [6.45, 7) is 8.53. The van der Waals surface area contributed by atoms with Gasteiger partial charge in [-0.2, -0.15) is 0 Å². The Bertz CT molecular complexity index is 460. The molecule has 21 heavy (non-hydrogen) atoms. The van der Waals surface area contributed by atoms with E-state index < -0.39 is 0 Å². The number of hydrogen-bond donors (Lipinski definition) is 1. The van der Waals surface area contributed by atoms with Crippen LogP contribution in [0.3, 0.4) is 0 Å². The van der Waals surface area contributed by atoms with Gasteiger partial charge in [0.2, 0.25) is 0 Å². The summed E-state index contributed by atoms with van der Waals surface area (Å²) in [5.41, 5.74) is 2.10. The summed E-state index contributed by atoms with van der Waals surface area (Å²) in [4.78, 5) is 4.38. The summed E-state index contributed by atoms with van der Waals surface area (Å²) in [5, 5.41) is 5.76. The van der Waals surface area contributed by atoms with E-state index in [2.05, 4.69) is 42.6 Å². The summed E-state index contributed by atoms with van der Waals surface area (Å²) >= 11 is 1.95. The van der Waals surface area contributed by atoms with Crippen LogP contribution in [0, 0.1) is 11.3 Å². The fraction of sp³-hybridized carbons (Fsp3) is 0.778. The molecule has 1 atom stereocenters. The van der Waals surface area contributed by atoms with Crippen LogP contribution in [0.5, 0.6) is 0 Å². The summed E-state index contributed by atoms with van der Waals surface area (Å²) in [6.07, 6.45) is 6.87. The largest absolute Gasteiger partial charge is 0.319 e. The molecule has 0 bridgehead atoms. The number of thiophene rings is 1. The lowest BCUT2D eigenvalue weighted by atomic mass is 9.70. The molecule has 0 aromatic carbocycles. The maximum Gasteiger partial charge on any atom is 0.0331 e. The summed E-state index contributed by atoms with van der Waals surface area (Å²) in [6, 6.07) is 2.96. The first kappa shape index (κ1) is 15.5. The molecule has 1 N–H and O–H groups in total. The SMILES string of the molecule is CNCC1(CN2CCc3sccc3C2C)CCC(C)CC1. The van der Waals surface area contributed by atoms with Gasteiger partial charge in [-0.15, -0.1) is 11.3 Å². The van der Waals surface area contributed by atoms with Gasteiger partial charge >= 0.3 is 0 Å². The molecule has 0 amide bonds. The van der Waals surface area contributed by atoms with Crippen molar-refractivity contribution in [2.24, 2.45) is 11.3 Å². The number of rotatable bonds is 4. The summed E-state index contributed by atoms with van der Waals surface area (Å²) in [5.74, 6) is 0.928. The van der Waals surface area contributed by atoms with E-state index in [1.807, 2.05) is 11.3 Å². The minimum Gasteiger partial charge on any atom is -0.319 e. The topological polar surface area (TPSA) is 15.3 Å². The molecule has 0 saturated heterocycles. The molecule has 3 rings (SSSR count). The summed E-state index contributed by atoms with van der Waals surface area (Å²) in [7, 11) is 2.12. The molecular formula is C18H30N2S. The maximum atomic E-state index is 3.49. The van der Waals surface area contributed by atoms with E-state index in [-0.39, 0.29) is 0 Å². The van der Waals surface area contributed by atoms with Crippen LogP contribution in [-0.4, -0.2) is 31.6 Å². The molecule has 1 aromatic heterocycles. The fourth-order valence-corrected chi connectivity index (χ4v) is 5.31. The molecule has 1 aliphatic heterocycles. The molecule has 2 aliphatic rings. The molecule has 2 heterocycles. The first-order valence-electron chi connectivity index (χ1n) is 8.58. The lowest BCUT2D eigenvalue weighted by Gasteiger charge is -2.45. The minimum absolute atomic E-state index is 0.503. The first-order valence-corrected chi connectivity index (χ1v) is 9.46. The van der Waals surface area contributed by atoms with Gasteiger partial charge in [0, 0.05) is 30.6 Å². The zero-order chi connectivity index (χ0) is 14.9. The normalized spacial score (nSPS) is 33.9. The fourth-order valence-electron chi connectivity index (χ4n) is 4.35. The highest BCUT2D eigenvalue weighted by molar-refractivity contribution is 7.10. The van der Waals surface area contributed by atoms with E-state index in [1.165, 1.54) is 51.7 Å². The van der Waals surface area contributed by atoms with E-state index >= 15 is 0 Å². The average Bonchev–Trinajstić information content (AvgIpc) is 2.95. The molecule has 118 valence electrons. The quantitative estimate of drug-likeness (QED) is 0.901. The molecule has 2 nitrogen and oxygen atoms in total. The molecule has 1 fully saturated rings. The Morgan fingerprint density at radius 3 is 2.81 bits per heavy atom. The molecule has 1 aliphatic carbocycles. The number of nitrogens with one attached hydrogen (secondary N) is 1. The highest BCUT2D eigenvalue weighted by Gasteiger charge is 2.37. The Morgan fingerprint density at radius 2 is 2.10 bits per heavy atom. The van der Waals surface area contributed by atoms with Gasteiger partial charge in [0.05, 0.1) is 0 Å². The molecule has 0 radical (unpaired) electrons. The Labute approximate surface area is 133 Å². The molecule has 0 spiro atoms. The molecular weight excluding hydrogens is 276 g/mol. The maximum absolute atomic E-state index is 3.49. The van der Waals surface area contributed by atoms with Crippen LogP contribution >= 0.6 is 11.3 Å². The van der Waals surface area contributed by atoms with Gasteiger partial charge in [-0.25, -0.2) is 0 Å². The van der Waals surface area contributed by atoms with Gasteiger partial charge < -0.3 is 5.32 Å². The Kier molecular flexibility index (Phi) is 4.72. The van der Waals surface area contributed by atoms with Crippen LogP contribution in [0.4, 0.5) is 0 Å². The van der Waals surface area contributed by atoms with Crippen LogP contribution in [0.25, 0.3) is 0 Å². The van der Waals surface area contributed by atoms with Crippen molar-refractivity contribution >= 4 is 11.3 Å². The molecule has 1 aromatic rings. The van der Waals surface area contributed by atoms with Crippen LogP contribution in [0.1, 0.15) is 56.0 Å². The Balaban J connectivity index is 1.72. The highest BCUT2D eigenvalue weighted by atomic mass is 32.1. The number of fused-ring (bicyclic) bond motifs is 1. The zero-order valence-corrected chi connectivity index (χ0v) is 14.6. The van der Waals surface area contributed by atoms with Crippen LogP contribution in [0.2, 0.25) is 0 Å². The van der Waals surface area contributed by atoms with E-state index in [9.17, 15) is 0 Å². The predicted octanol–water partition coefficient (Wildman–Crippen LogP) is 4.08. The van der Waals surface area contributed by atoms with Crippen molar-refractivity contribution in [1.29, 1.82) is 0 Å². The van der Waals surface area contributed by atoms with Gasteiger partial charge in [0.15, 0.2) is 0 Å². The number of hydrogen-bond acceptors (Lipinski definition) is 3. The Morgan fingerprint density at radius 1 is 1.33 bits per heavy atom. The van der Waals surface area contributed by atoms with E-state index in [4.69, 9.17) is 0 Å². The van der Waals surface area contributed by atoms with Crippen LogP contribution in [0.15, 0.2) is 11.4 Å². The lowest BCUT2D eigenvalue weighted by Crippen LogP contribution is -2.47. The third-order valence-corrected chi connectivity index (χ3v) is 6.83. The van der Waals surface area contributed by atoms with Crippen molar-refractivity contribution in [2.45, 2.75) is 52.0 Å². The number of nitrogens with zero attached hydrogens (tertiary/aromatic N) is 1. The van der Waals surface area contributed by atoms with Gasteiger partial charge in [-0.1, -0.05) is 19.8 Å². The van der Waals surface area contributed by atoms with Crippen molar-refractivity contribution in [3.8, 4) is 0 Å². The second-order valence-electron chi connectivity index (χ2n) is 7.41. The predicted molar refractivity (Wildman–Crippen MR) is 92.0 cm³/mol. The highest BCUT2D eigenvalue weighted by Crippen LogP contribution is 2.42. The second kappa shape index (κ2) is 6.39. The van der Waals surface area contributed by atoms with Crippen molar-refractivity contribution < 1.29 is 0 Å². The standard InChI is InChI=1S/C18H30N2S/c1-14-4-8-18(9-5-14,12-19-3)13-20-10-6-17-16(15(20)2)7-11-21-17/h7,11,14-15,19H,4-6,8-10,12-13H2,1-3H3. The zero-order valence-electron chi connectivity index (χ0n) is 13.8. The Hall–Kier alpha value is -0.380. The van der Waals surface area contributed by atoms with Gasteiger partial charge in [0.25, 0.3) is 0 Å².